The Balaban J connectivity index is 0.00000242. The van der Waals surface area contributed by atoms with Crippen molar-refractivity contribution in [3.63, 3.8) is 0 Å². The minimum absolute atomic E-state index is 0. The molecule has 6 heteroatoms. The normalized spacial score (nSPS) is 15.0. The molecule has 1 heterocycles. The Bertz CT molecular complexity index is 466. The van der Waals surface area contributed by atoms with Gasteiger partial charge in [-0.05, 0) is 44.5 Å². The molecule has 22 heavy (non-hydrogen) atoms. The van der Waals surface area contributed by atoms with Crippen LogP contribution >= 0.6 is 12.4 Å². The molecule has 0 saturated carbocycles. The van der Waals surface area contributed by atoms with Gasteiger partial charge in [-0.1, -0.05) is 12.1 Å². The van der Waals surface area contributed by atoms with Gasteiger partial charge >= 0.3 is 0 Å². The summed E-state index contributed by atoms with van der Waals surface area (Å²) >= 11 is 0. The lowest BCUT2D eigenvalue weighted by molar-refractivity contribution is -0.125. The molecule has 1 amide bonds. The van der Waals surface area contributed by atoms with E-state index in [1.807, 2.05) is 18.0 Å². The van der Waals surface area contributed by atoms with Crippen LogP contribution in [0.4, 0.5) is 10.1 Å². The SMILES string of the molecule is CN(CCCNC(=O)C1CCNCC1)c1ccccc1F.Cl. The highest BCUT2D eigenvalue weighted by Gasteiger charge is 2.20. The molecule has 0 aliphatic carbocycles. The zero-order valence-corrected chi connectivity index (χ0v) is 13.8. The molecule has 1 aromatic rings. The van der Waals surface area contributed by atoms with Gasteiger partial charge in [0, 0.05) is 26.1 Å². The van der Waals surface area contributed by atoms with E-state index in [1.54, 1.807) is 12.1 Å². The third-order valence-corrected chi connectivity index (χ3v) is 3.94. The number of nitrogens with one attached hydrogen (secondary N) is 2. The molecular formula is C16H25ClFN3O. The topological polar surface area (TPSA) is 44.4 Å². The van der Waals surface area contributed by atoms with E-state index < -0.39 is 0 Å². The zero-order valence-electron chi connectivity index (χ0n) is 13.0. The third kappa shape index (κ3) is 5.46. The first kappa shape index (κ1) is 18.7. The minimum Gasteiger partial charge on any atom is -0.372 e. The molecule has 0 unspecified atom stereocenters. The smallest absolute Gasteiger partial charge is 0.223 e. The maximum absolute atomic E-state index is 13.6. The van der Waals surface area contributed by atoms with Gasteiger partial charge < -0.3 is 15.5 Å². The predicted octanol–water partition coefficient (Wildman–Crippen LogP) is 2.19. The van der Waals surface area contributed by atoms with Gasteiger partial charge in [0.15, 0.2) is 0 Å². The number of halogens is 2. The van der Waals surface area contributed by atoms with Crippen LogP contribution in [-0.4, -0.2) is 39.1 Å². The number of piperidine rings is 1. The molecule has 124 valence electrons. The maximum atomic E-state index is 13.6. The Kier molecular flexibility index (Phi) is 8.20. The summed E-state index contributed by atoms with van der Waals surface area (Å²) < 4.78 is 13.6. The number of benzene rings is 1. The fourth-order valence-corrected chi connectivity index (χ4v) is 2.64. The molecule has 4 nitrogen and oxygen atoms in total. The van der Waals surface area contributed by atoms with Crippen LogP contribution in [0.1, 0.15) is 19.3 Å². The third-order valence-electron chi connectivity index (χ3n) is 3.94. The van der Waals surface area contributed by atoms with E-state index in [2.05, 4.69) is 10.6 Å². The molecule has 2 N–H and O–H groups in total. The number of hydrogen-bond acceptors (Lipinski definition) is 3. The molecule has 0 atom stereocenters. The second kappa shape index (κ2) is 9.64. The molecule has 1 fully saturated rings. The Hall–Kier alpha value is -1.33. The molecule has 1 aliphatic rings. The van der Waals surface area contributed by atoms with E-state index in [4.69, 9.17) is 0 Å². The molecule has 2 rings (SSSR count). The zero-order chi connectivity index (χ0) is 15.1. The monoisotopic (exact) mass is 329 g/mol. The Morgan fingerprint density at radius 2 is 2.05 bits per heavy atom. The predicted molar refractivity (Wildman–Crippen MR) is 90.1 cm³/mol. The van der Waals surface area contributed by atoms with Crippen molar-refractivity contribution in [2.75, 3.05) is 38.1 Å². The van der Waals surface area contributed by atoms with Gasteiger partial charge in [-0.15, -0.1) is 12.4 Å². The summed E-state index contributed by atoms with van der Waals surface area (Å²) in [6.45, 7) is 3.21. The Labute approximate surface area is 137 Å². The molecule has 1 aromatic carbocycles. The molecular weight excluding hydrogens is 305 g/mol. The van der Waals surface area contributed by atoms with Gasteiger partial charge in [0.25, 0.3) is 0 Å². The van der Waals surface area contributed by atoms with Crippen molar-refractivity contribution in [2.45, 2.75) is 19.3 Å². The summed E-state index contributed by atoms with van der Waals surface area (Å²) in [4.78, 5) is 13.8. The van der Waals surface area contributed by atoms with E-state index >= 15 is 0 Å². The van der Waals surface area contributed by atoms with Gasteiger partial charge in [-0.2, -0.15) is 0 Å². The summed E-state index contributed by atoms with van der Waals surface area (Å²) in [7, 11) is 1.87. The molecule has 0 spiro atoms. The standard InChI is InChI=1S/C16H24FN3O.ClH/c1-20(15-6-3-2-5-14(15)17)12-4-9-19-16(21)13-7-10-18-11-8-13;/h2-3,5-6,13,18H,4,7-12H2,1H3,(H,19,21);1H. The molecule has 0 bridgehead atoms. The van der Waals surface area contributed by atoms with Crippen LogP contribution in [0.3, 0.4) is 0 Å². The van der Waals surface area contributed by atoms with Crippen LogP contribution in [0.2, 0.25) is 0 Å². The average Bonchev–Trinajstić information content (AvgIpc) is 2.52. The molecule has 0 aromatic heterocycles. The van der Waals surface area contributed by atoms with Crippen molar-refractivity contribution in [3.8, 4) is 0 Å². The van der Waals surface area contributed by atoms with Crippen LogP contribution in [0.25, 0.3) is 0 Å². The lowest BCUT2D eigenvalue weighted by atomic mass is 9.97. The van der Waals surface area contributed by atoms with Gasteiger partial charge in [-0.25, -0.2) is 4.39 Å². The van der Waals surface area contributed by atoms with Crippen molar-refractivity contribution in [1.29, 1.82) is 0 Å². The average molecular weight is 330 g/mol. The summed E-state index contributed by atoms with van der Waals surface area (Å²) in [6.07, 6.45) is 2.64. The number of nitrogens with zero attached hydrogens (tertiary/aromatic N) is 1. The summed E-state index contributed by atoms with van der Waals surface area (Å²) in [5, 5.41) is 6.24. The minimum atomic E-state index is -0.209. The van der Waals surface area contributed by atoms with Gasteiger partial charge in [0.05, 0.1) is 5.69 Å². The second-order valence-electron chi connectivity index (χ2n) is 5.54. The molecule has 1 saturated heterocycles. The highest BCUT2D eigenvalue weighted by atomic mass is 35.5. The van der Waals surface area contributed by atoms with Crippen molar-refractivity contribution >= 4 is 24.0 Å². The number of carbonyl (C=O) groups is 1. The van der Waals surface area contributed by atoms with Crippen LogP contribution in [0.5, 0.6) is 0 Å². The molecule has 1 aliphatic heterocycles. The van der Waals surface area contributed by atoms with Crippen molar-refractivity contribution in [3.05, 3.63) is 30.1 Å². The highest BCUT2D eigenvalue weighted by molar-refractivity contribution is 5.85. The number of rotatable bonds is 6. The number of amides is 1. The first-order valence-corrected chi connectivity index (χ1v) is 7.62. The number of para-hydroxylation sites is 1. The van der Waals surface area contributed by atoms with Gasteiger partial charge in [-0.3, -0.25) is 4.79 Å². The Morgan fingerprint density at radius 1 is 1.36 bits per heavy atom. The Morgan fingerprint density at radius 3 is 2.73 bits per heavy atom. The largest absolute Gasteiger partial charge is 0.372 e. The van der Waals surface area contributed by atoms with Crippen LogP contribution in [0, 0.1) is 11.7 Å². The lowest BCUT2D eigenvalue weighted by Crippen LogP contribution is -2.39. The summed E-state index contributed by atoms with van der Waals surface area (Å²) in [5.74, 6) is 0.0966. The number of carbonyl (C=O) groups excluding carboxylic acids is 1. The first-order chi connectivity index (χ1) is 10.2. The molecule has 0 radical (unpaired) electrons. The van der Waals surface area contributed by atoms with Crippen molar-refractivity contribution < 1.29 is 9.18 Å². The fraction of sp³-hybridized carbons (Fsp3) is 0.562. The second-order valence-corrected chi connectivity index (χ2v) is 5.54. The van der Waals surface area contributed by atoms with Crippen molar-refractivity contribution in [1.82, 2.24) is 10.6 Å². The lowest BCUT2D eigenvalue weighted by Gasteiger charge is -2.23. The van der Waals surface area contributed by atoms with Crippen LogP contribution < -0.4 is 15.5 Å². The number of hydrogen-bond donors (Lipinski definition) is 2. The summed E-state index contributed by atoms with van der Waals surface area (Å²) in [6, 6.07) is 6.74. The van der Waals surface area contributed by atoms with Crippen LogP contribution in [0.15, 0.2) is 24.3 Å². The maximum Gasteiger partial charge on any atom is 0.223 e. The van der Waals surface area contributed by atoms with E-state index in [0.29, 0.717) is 18.8 Å². The first-order valence-electron chi connectivity index (χ1n) is 7.62. The fourth-order valence-electron chi connectivity index (χ4n) is 2.64. The van der Waals surface area contributed by atoms with E-state index in [1.165, 1.54) is 6.07 Å². The van der Waals surface area contributed by atoms with Crippen LogP contribution in [-0.2, 0) is 4.79 Å². The van der Waals surface area contributed by atoms with E-state index in [-0.39, 0.29) is 30.0 Å². The van der Waals surface area contributed by atoms with E-state index in [0.717, 1.165) is 32.4 Å². The summed E-state index contributed by atoms with van der Waals surface area (Å²) in [5.41, 5.74) is 0.599. The van der Waals surface area contributed by atoms with Gasteiger partial charge in [0.1, 0.15) is 5.82 Å². The van der Waals surface area contributed by atoms with Gasteiger partial charge in [0.2, 0.25) is 5.91 Å². The quantitative estimate of drug-likeness (QED) is 0.786. The highest BCUT2D eigenvalue weighted by Crippen LogP contribution is 2.17. The van der Waals surface area contributed by atoms with Crippen molar-refractivity contribution in [2.24, 2.45) is 5.92 Å². The number of anilines is 1. The van der Waals surface area contributed by atoms with E-state index in [9.17, 15) is 9.18 Å².